The van der Waals surface area contributed by atoms with Crippen molar-refractivity contribution in [2.45, 2.75) is 26.4 Å². The third-order valence-electron chi connectivity index (χ3n) is 2.16. The quantitative estimate of drug-likeness (QED) is 0.824. The molecule has 3 N–H and O–H groups in total. The summed E-state index contributed by atoms with van der Waals surface area (Å²) in [4.78, 5) is 12.0. The summed E-state index contributed by atoms with van der Waals surface area (Å²) < 4.78 is 6.25. The minimum Gasteiger partial charge on any atom is -0.389 e. The molecule has 4 nitrogen and oxygen atoms in total. The zero-order chi connectivity index (χ0) is 14.6. The number of nitrogens with two attached hydrogens (primary N) is 1. The van der Waals surface area contributed by atoms with Crippen molar-refractivity contribution in [3.05, 3.63) is 28.2 Å². The molecule has 0 saturated carbocycles. The number of anilines is 1. The molecule has 1 rings (SSSR count). The highest BCUT2D eigenvalue weighted by Crippen LogP contribution is 2.21. The highest BCUT2D eigenvalue weighted by Gasteiger charge is 2.14. The summed E-state index contributed by atoms with van der Waals surface area (Å²) in [7, 11) is 0. The molecule has 0 aliphatic heterocycles. The van der Waals surface area contributed by atoms with Gasteiger partial charge in [0.1, 0.15) is 11.6 Å². The summed E-state index contributed by atoms with van der Waals surface area (Å²) >= 11 is 8.30. The van der Waals surface area contributed by atoms with E-state index in [1.54, 1.807) is 12.1 Å². The van der Waals surface area contributed by atoms with Crippen LogP contribution in [0.25, 0.3) is 0 Å². The zero-order valence-electron chi connectivity index (χ0n) is 11.1. The van der Waals surface area contributed by atoms with Crippen molar-refractivity contribution in [2.24, 2.45) is 5.73 Å². The van der Waals surface area contributed by atoms with E-state index in [-0.39, 0.29) is 23.1 Å². The van der Waals surface area contributed by atoms with Crippen molar-refractivity contribution < 1.29 is 9.53 Å². The topological polar surface area (TPSA) is 64.3 Å². The fourth-order valence-electron chi connectivity index (χ4n) is 1.30. The summed E-state index contributed by atoms with van der Waals surface area (Å²) in [6, 6.07) is 5.32. The van der Waals surface area contributed by atoms with Gasteiger partial charge < -0.3 is 15.8 Å². The molecule has 0 spiro atoms. The fraction of sp³-hybridized carbons (Fsp3) is 0.385. The Morgan fingerprint density at radius 3 is 2.63 bits per heavy atom. The van der Waals surface area contributed by atoms with Gasteiger partial charge in [-0.15, -0.1) is 0 Å². The molecular formula is C13H17BrN2O2S. The second kappa shape index (κ2) is 6.45. The summed E-state index contributed by atoms with van der Waals surface area (Å²) in [6.07, 6.45) is 0. The molecular weight excluding hydrogens is 328 g/mol. The Hall–Kier alpha value is -0.980. The molecule has 0 heterocycles. The van der Waals surface area contributed by atoms with Gasteiger partial charge in [0.25, 0.3) is 0 Å². The van der Waals surface area contributed by atoms with Gasteiger partial charge in [-0.1, -0.05) is 28.1 Å². The lowest BCUT2D eigenvalue weighted by Crippen LogP contribution is -2.27. The van der Waals surface area contributed by atoms with Crippen LogP contribution in [0.1, 0.15) is 26.3 Å². The standard InChI is InChI=1S/C13H17BrN2O2S/c1-13(2,3)18-7-11(17)16-10-5-4-8(14)6-9(10)12(15)19/h4-6H,7H2,1-3H3,(H2,15,19)(H,16,17). The smallest absolute Gasteiger partial charge is 0.250 e. The first kappa shape index (κ1) is 16.1. The predicted octanol–water partition coefficient (Wildman–Crippen LogP) is 2.84. The van der Waals surface area contributed by atoms with E-state index in [4.69, 9.17) is 22.7 Å². The first-order valence-electron chi connectivity index (χ1n) is 5.72. The van der Waals surface area contributed by atoms with Gasteiger partial charge in [-0.05, 0) is 39.0 Å². The third kappa shape index (κ3) is 5.67. The maximum absolute atomic E-state index is 11.8. The Morgan fingerprint density at radius 1 is 1.47 bits per heavy atom. The van der Waals surface area contributed by atoms with Crippen LogP contribution in [0.5, 0.6) is 0 Å². The van der Waals surface area contributed by atoms with Gasteiger partial charge in [0.05, 0.1) is 11.3 Å². The number of thiocarbonyl (C=S) groups is 1. The van der Waals surface area contributed by atoms with Crippen LogP contribution in [-0.2, 0) is 9.53 Å². The number of carbonyl (C=O) groups is 1. The summed E-state index contributed by atoms with van der Waals surface area (Å²) in [5, 5.41) is 2.74. The predicted molar refractivity (Wildman–Crippen MR) is 84.4 cm³/mol. The second-order valence-electron chi connectivity index (χ2n) is 5.00. The molecule has 6 heteroatoms. The van der Waals surface area contributed by atoms with E-state index in [1.165, 1.54) is 0 Å². The molecule has 0 aromatic heterocycles. The molecule has 0 unspecified atom stereocenters. The van der Waals surface area contributed by atoms with E-state index in [2.05, 4.69) is 21.2 Å². The van der Waals surface area contributed by atoms with Gasteiger partial charge in [-0.2, -0.15) is 0 Å². The average molecular weight is 345 g/mol. The summed E-state index contributed by atoms with van der Waals surface area (Å²) in [5.41, 5.74) is 6.47. The molecule has 0 aliphatic rings. The highest BCUT2D eigenvalue weighted by atomic mass is 79.9. The molecule has 104 valence electrons. The molecule has 1 amide bonds. The van der Waals surface area contributed by atoms with Crippen LogP contribution in [0.2, 0.25) is 0 Å². The van der Waals surface area contributed by atoms with Crippen LogP contribution in [-0.4, -0.2) is 23.1 Å². The molecule has 19 heavy (non-hydrogen) atoms. The number of benzene rings is 1. The Bertz CT molecular complexity index is 498. The van der Waals surface area contributed by atoms with Gasteiger partial charge in [-0.3, -0.25) is 4.79 Å². The summed E-state index contributed by atoms with van der Waals surface area (Å²) in [5.74, 6) is -0.241. The normalized spacial score (nSPS) is 11.2. The SMILES string of the molecule is CC(C)(C)OCC(=O)Nc1ccc(Br)cc1C(N)=S. The molecule has 0 radical (unpaired) electrons. The summed E-state index contributed by atoms with van der Waals surface area (Å²) in [6.45, 7) is 5.65. The van der Waals surface area contributed by atoms with Crippen LogP contribution in [0, 0.1) is 0 Å². The Morgan fingerprint density at radius 2 is 2.11 bits per heavy atom. The number of carbonyl (C=O) groups excluding carboxylic acids is 1. The largest absolute Gasteiger partial charge is 0.389 e. The van der Waals surface area contributed by atoms with Crippen LogP contribution in [0.15, 0.2) is 22.7 Å². The van der Waals surface area contributed by atoms with Crippen molar-refractivity contribution in [1.29, 1.82) is 0 Å². The van der Waals surface area contributed by atoms with Crippen molar-refractivity contribution in [2.75, 3.05) is 11.9 Å². The van der Waals surface area contributed by atoms with E-state index in [0.29, 0.717) is 11.3 Å². The maximum Gasteiger partial charge on any atom is 0.250 e. The number of rotatable bonds is 4. The first-order valence-corrected chi connectivity index (χ1v) is 6.92. The van der Waals surface area contributed by atoms with Gasteiger partial charge >= 0.3 is 0 Å². The van der Waals surface area contributed by atoms with E-state index < -0.39 is 0 Å². The van der Waals surface area contributed by atoms with Gasteiger partial charge in [0.2, 0.25) is 5.91 Å². The molecule has 0 atom stereocenters. The zero-order valence-corrected chi connectivity index (χ0v) is 13.5. The van der Waals surface area contributed by atoms with E-state index in [1.807, 2.05) is 26.8 Å². The van der Waals surface area contributed by atoms with Crippen LogP contribution in [0.3, 0.4) is 0 Å². The van der Waals surface area contributed by atoms with Gasteiger partial charge in [0.15, 0.2) is 0 Å². The number of hydrogen-bond acceptors (Lipinski definition) is 3. The van der Waals surface area contributed by atoms with Crippen molar-refractivity contribution in [1.82, 2.24) is 0 Å². The van der Waals surface area contributed by atoms with E-state index in [9.17, 15) is 4.79 Å². The molecule has 0 saturated heterocycles. The minimum atomic E-state index is -0.358. The van der Waals surface area contributed by atoms with E-state index >= 15 is 0 Å². The minimum absolute atomic E-state index is 0.0175. The lowest BCUT2D eigenvalue weighted by atomic mass is 10.1. The Kier molecular flexibility index (Phi) is 5.46. The van der Waals surface area contributed by atoms with Crippen molar-refractivity contribution >= 4 is 44.7 Å². The third-order valence-corrected chi connectivity index (χ3v) is 2.87. The molecule has 0 aliphatic carbocycles. The second-order valence-corrected chi connectivity index (χ2v) is 6.36. The number of nitrogens with one attached hydrogen (secondary N) is 1. The van der Waals surface area contributed by atoms with Crippen molar-refractivity contribution in [3.63, 3.8) is 0 Å². The Labute approximate surface area is 126 Å². The fourth-order valence-corrected chi connectivity index (χ4v) is 1.83. The van der Waals surface area contributed by atoms with Crippen LogP contribution in [0.4, 0.5) is 5.69 Å². The number of halogens is 1. The van der Waals surface area contributed by atoms with Crippen molar-refractivity contribution in [3.8, 4) is 0 Å². The number of amides is 1. The number of hydrogen-bond donors (Lipinski definition) is 2. The van der Waals surface area contributed by atoms with Gasteiger partial charge in [-0.25, -0.2) is 0 Å². The molecule has 0 fully saturated rings. The van der Waals surface area contributed by atoms with Crippen LogP contribution < -0.4 is 11.1 Å². The highest BCUT2D eigenvalue weighted by molar-refractivity contribution is 9.10. The average Bonchev–Trinajstić information content (AvgIpc) is 2.28. The lowest BCUT2D eigenvalue weighted by Gasteiger charge is -2.19. The lowest BCUT2D eigenvalue weighted by molar-refractivity contribution is -0.125. The van der Waals surface area contributed by atoms with E-state index in [0.717, 1.165) is 4.47 Å². The monoisotopic (exact) mass is 344 g/mol. The van der Waals surface area contributed by atoms with Gasteiger partial charge in [0, 0.05) is 10.0 Å². The molecule has 1 aromatic rings. The molecule has 0 bridgehead atoms. The van der Waals surface area contributed by atoms with Crippen LogP contribution >= 0.6 is 28.1 Å². The Balaban J connectivity index is 2.77. The first-order chi connectivity index (χ1) is 8.69. The maximum atomic E-state index is 11.8. The number of ether oxygens (including phenoxy) is 1. The molecule has 1 aromatic carbocycles.